The number of thiocarbonyl (C=S) groups is 1. The lowest BCUT2D eigenvalue weighted by molar-refractivity contribution is -0.128. The molecule has 1 aromatic rings. The summed E-state index contributed by atoms with van der Waals surface area (Å²) in [6.07, 6.45) is 2.59. The molecule has 0 spiro atoms. The number of amides is 1. The van der Waals surface area contributed by atoms with Gasteiger partial charge in [0.1, 0.15) is 0 Å². The summed E-state index contributed by atoms with van der Waals surface area (Å²) in [4.78, 5) is 14.8. The second kappa shape index (κ2) is 5.06. The van der Waals surface area contributed by atoms with Gasteiger partial charge in [0.15, 0.2) is 0 Å². The number of anilines is 1. The Balaban J connectivity index is 2.29. The van der Waals surface area contributed by atoms with Gasteiger partial charge in [-0.1, -0.05) is 36.8 Å². The molecule has 0 aromatic heterocycles. The van der Waals surface area contributed by atoms with Crippen LogP contribution < -0.4 is 10.6 Å². The molecule has 2 N–H and O–H groups in total. The minimum absolute atomic E-state index is 0.0509. The van der Waals surface area contributed by atoms with Crippen LogP contribution >= 0.6 is 12.2 Å². The van der Waals surface area contributed by atoms with Crippen molar-refractivity contribution in [1.82, 2.24) is 0 Å². The summed E-state index contributed by atoms with van der Waals surface area (Å²) < 4.78 is 0. The molecule has 0 aliphatic heterocycles. The molecule has 0 atom stereocenters. The third kappa shape index (κ3) is 2.01. The molecule has 18 heavy (non-hydrogen) atoms. The van der Waals surface area contributed by atoms with Gasteiger partial charge in [-0.2, -0.15) is 0 Å². The lowest BCUT2D eigenvalue weighted by Crippen LogP contribution is -2.54. The molecule has 4 heteroatoms. The Kier molecular flexibility index (Phi) is 3.66. The van der Waals surface area contributed by atoms with Gasteiger partial charge in [-0.05, 0) is 31.9 Å². The van der Waals surface area contributed by atoms with Crippen LogP contribution in [-0.4, -0.2) is 17.4 Å². The zero-order valence-electron chi connectivity index (χ0n) is 10.6. The molecule has 1 fully saturated rings. The van der Waals surface area contributed by atoms with E-state index in [9.17, 15) is 4.79 Å². The number of benzene rings is 1. The first-order chi connectivity index (χ1) is 8.62. The third-order valence-electron chi connectivity index (χ3n) is 3.72. The second-order valence-electron chi connectivity index (χ2n) is 4.68. The van der Waals surface area contributed by atoms with Crippen molar-refractivity contribution in [2.24, 2.45) is 11.1 Å². The van der Waals surface area contributed by atoms with Crippen LogP contribution in [0.5, 0.6) is 0 Å². The Hall–Kier alpha value is -1.42. The molecule has 0 radical (unpaired) electrons. The highest BCUT2D eigenvalue weighted by molar-refractivity contribution is 7.80. The number of hydrogen-bond acceptors (Lipinski definition) is 2. The summed E-state index contributed by atoms with van der Waals surface area (Å²) in [5, 5.41) is 0. The van der Waals surface area contributed by atoms with E-state index in [0.29, 0.717) is 11.5 Å². The molecule has 2 rings (SSSR count). The highest BCUT2D eigenvalue weighted by Gasteiger charge is 2.48. The molecule has 0 bridgehead atoms. The van der Waals surface area contributed by atoms with E-state index in [-0.39, 0.29) is 5.91 Å². The lowest BCUT2D eigenvalue weighted by Gasteiger charge is -2.42. The summed E-state index contributed by atoms with van der Waals surface area (Å²) in [7, 11) is 0. The van der Waals surface area contributed by atoms with Crippen LogP contribution in [0.25, 0.3) is 0 Å². The van der Waals surface area contributed by atoms with Crippen molar-refractivity contribution in [3.05, 3.63) is 30.3 Å². The van der Waals surface area contributed by atoms with Crippen molar-refractivity contribution in [2.45, 2.75) is 26.2 Å². The normalized spacial score (nSPS) is 16.7. The van der Waals surface area contributed by atoms with Gasteiger partial charge < -0.3 is 10.6 Å². The largest absolute Gasteiger partial charge is 0.392 e. The zero-order chi connectivity index (χ0) is 13.2. The number of carbonyl (C=O) groups excluding carboxylic acids is 1. The van der Waals surface area contributed by atoms with Crippen molar-refractivity contribution < 1.29 is 4.79 Å². The first kappa shape index (κ1) is 13.0. The minimum Gasteiger partial charge on any atom is -0.392 e. The summed E-state index contributed by atoms with van der Waals surface area (Å²) in [5.41, 5.74) is 6.10. The van der Waals surface area contributed by atoms with Gasteiger partial charge in [-0.3, -0.25) is 4.79 Å². The Labute approximate surface area is 113 Å². The fraction of sp³-hybridized carbons (Fsp3) is 0.429. The average Bonchev–Trinajstić information content (AvgIpc) is 2.29. The Morgan fingerprint density at radius 1 is 1.39 bits per heavy atom. The molecule has 0 unspecified atom stereocenters. The van der Waals surface area contributed by atoms with Crippen molar-refractivity contribution in [1.29, 1.82) is 0 Å². The van der Waals surface area contributed by atoms with Gasteiger partial charge in [-0.15, -0.1) is 0 Å². The van der Waals surface area contributed by atoms with Gasteiger partial charge in [0.2, 0.25) is 5.91 Å². The van der Waals surface area contributed by atoms with Crippen LogP contribution in [0.1, 0.15) is 26.2 Å². The molecule has 1 aliphatic rings. The van der Waals surface area contributed by atoms with E-state index < -0.39 is 5.41 Å². The van der Waals surface area contributed by atoms with E-state index in [4.69, 9.17) is 18.0 Å². The highest BCUT2D eigenvalue weighted by atomic mass is 32.1. The van der Waals surface area contributed by atoms with Crippen LogP contribution in [0.2, 0.25) is 0 Å². The number of carbonyl (C=O) groups is 1. The van der Waals surface area contributed by atoms with E-state index in [0.717, 1.165) is 24.9 Å². The molecule has 1 amide bonds. The second-order valence-corrected chi connectivity index (χ2v) is 5.12. The van der Waals surface area contributed by atoms with E-state index in [1.54, 1.807) is 4.90 Å². The number of para-hydroxylation sites is 1. The van der Waals surface area contributed by atoms with Crippen LogP contribution in [0.4, 0.5) is 5.69 Å². The topological polar surface area (TPSA) is 46.3 Å². The van der Waals surface area contributed by atoms with Crippen LogP contribution in [-0.2, 0) is 4.79 Å². The van der Waals surface area contributed by atoms with E-state index in [1.165, 1.54) is 0 Å². The van der Waals surface area contributed by atoms with Gasteiger partial charge in [0.05, 0.1) is 10.4 Å². The molecule has 96 valence electrons. The molecule has 1 aromatic carbocycles. The number of nitrogens with zero attached hydrogens (tertiary/aromatic N) is 1. The molecular weight excluding hydrogens is 244 g/mol. The van der Waals surface area contributed by atoms with Gasteiger partial charge in [-0.25, -0.2) is 0 Å². The van der Waals surface area contributed by atoms with Crippen molar-refractivity contribution in [3.63, 3.8) is 0 Å². The Bertz CT molecular complexity index is 454. The summed E-state index contributed by atoms with van der Waals surface area (Å²) in [6, 6.07) is 9.67. The highest BCUT2D eigenvalue weighted by Crippen LogP contribution is 2.43. The molecule has 3 nitrogen and oxygen atoms in total. The Morgan fingerprint density at radius 2 is 2.00 bits per heavy atom. The summed E-state index contributed by atoms with van der Waals surface area (Å²) in [6.45, 7) is 2.60. The number of hydrogen-bond donors (Lipinski definition) is 1. The third-order valence-corrected chi connectivity index (χ3v) is 4.11. The smallest absolute Gasteiger partial charge is 0.240 e. The molecule has 0 saturated heterocycles. The Morgan fingerprint density at radius 3 is 2.39 bits per heavy atom. The first-order valence-electron chi connectivity index (χ1n) is 6.29. The van der Waals surface area contributed by atoms with Crippen molar-refractivity contribution >= 4 is 28.8 Å². The first-order valence-corrected chi connectivity index (χ1v) is 6.69. The van der Waals surface area contributed by atoms with Crippen molar-refractivity contribution in [2.75, 3.05) is 11.4 Å². The maximum atomic E-state index is 12.7. The van der Waals surface area contributed by atoms with Crippen LogP contribution in [0.3, 0.4) is 0 Å². The predicted octanol–water partition coefficient (Wildman–Crippen LogP) is 2.50. The fourth-order valence-corrected chi connectivity index (χ4v) is 2.70. The minimum atomic E-state index is -0.596. The van der Waals surface area contributed by atoms with Gasteiger partial charge in [0.25, 0.3) is 0 Å². The number of nitrogens with two attached hydrogens (primary N) is 1. The molecular formula is C14H18N2OS. The standard InChI is InChI=1S/C14H18N2OS/c1-2-16(11-7-4-3-5-8-11)13(17)14(12(15)18)9-6-10-14/h3-5,7-8H,2,6,9-10H2,1H3,(H2,15,18). The zero-order valence-corrected chi connectivity index (χ0v) is 11.4. The molecule has 0 heterocycles. The number of rotatable bonds is 4. The van der Waals surface area contributed by atoms with E-state index >= 15 is 0 Å². The van der Waals surface area contributed by atoms with Crippen LogP contribution in [0, 0.1) is 5.41 Å². The monoisotopic (exact) mass is 262 g/mol. The van der Waals surface area contributed by atoms with Crippen LogP contribution in [0.15, 0.2) is 30.3 Å². The SMILES string of the molecule is CCN(C(=O)C1(C(N)=S)CCC1)c1ccccc1. The molecule has 1 aliphatic carbocycles. The van der Waals surface area contributed by atoms with E-state index in [2.05, 4.69) is 0 Å². The quantitative estimate of drug-likeness (QED) is 0.848. The van der Waals surface area contributed by atoms with Gasteiger partial charge >= 0.3 is 0 Å². The fourth-order valence-electron chi connectivity index (χ4n) is 2.41. The lowest BCUT2D eigenvalue weighted by atomic mass is 9.67. The summed E-state index contributed by atoms with van der Waals surface area (Å²) >= 11 is 5.10. The van der Waals surface area contributed by atoms with E-state index in [1.807, 2.05) is 37.3 Å². The summed E-state index contributed by atoms with van der Waals surface area (Å²) in [5.74, 6) is 0.0509. The average molecular weight is 262 g/mol. The molecule has 1 saturated carbocycles. The maximum Gasteiger partial charge on any atom is 0.240 e. The van der Waals surface area contributed by atoms with Gasteiger partial charge in [0, 0.05) is 12.2 Å². The maximum absolute atomic E-state index is 12.7. The predicted molar refractivity (Wildman–Crippen MR) is 77.5 cm³/mol. The van der Waals surface area contributed by atoms with Crippen molar-refractivity contribution in [3.8, 4) is 0 Å².